The first-order chi connectivity index (χ1) is 16.2. The predicted molar refractivity (Wildman–Crippen MR) is 118 cm³/mol. The molecule has 0 bridgehead atoms. The summed E-state index contributed by atoms with van der Waals surface area (Å²) in [5, 5.41) is 8.77. The van der Waals surface area contributed by atoms with Gasteiger partial charge in [-0.1, -0.05) is 18.7 Å². The van der Waals surface area contributed by atoms with E-state index in [0.29, 0.717) is 44.3 Å². The summed E-state index contributed by atoms with van der Waals surface area (Å²) < 4.78 is 38.9. The van der Waals surface area contributed by atoms with Gasteiger partial charge in [0.25, 0.3) is 0 Å². The Hall–Kier alpha value is -2.59. The quantitative estimate of drug-likeness (QED) is 0.253. The number of hydrogen-bond donors (Lipinski definition) is 1. The maximum atomic E-state index is 12.5. The highest BCUT2D eigenvalue weighted by Crippen LogP contribution is 2.42. The molecule has 1 aromatic carbocycles. The molecule has 9 heteroatoms. The Kier molecular flexibility index (Phi) is 10.0. The lowest BCUT2D eigenvalue weighted by atomic mass is 9.81. The van der Waals surface area contributed by atoms with Crippen LogP contribution in [0, 0.1) is 5.92 Å². The molecule has 2 aliphatic rings. The molecular formula is C24H32O9. The van der Waals surface area contributed by atoms with Crippen molar-refractivity contribution in [2.24, 2.45) is 5.92 Å². The first kappa shape index (κ1) is 25.0. The summed E-state index contributed by atoms with van der Waals surface area (Å²) in [6, 6.07) is 5.73. The molecule has 0 spiro atoms. The van der Waals surface area contributed by atoms with Gasteiger partial charge >= 0.3 is 5.97 Å². The molecule has 1 N–H and O–H groups in total. The van der Waals surface area contributed by atoms with Gasteiger partial charge in [0.1, 0.15) is 6.61 Å². The third-order valence-corrected chi connectivity index (χ3v) is 5.23. The Morgan fingerprint density at radius 3 is 2.73 bits per heavy atom. The summed E-state index contributed by atoms with van der Waals surface area (Å²) in [5.74, 6) is 0.551. The molecule has 182 valence electrons. The van der Waals surface area contributed by atoms with Gasteiger partial charge in [-0.3, -0.25) is 0 Å². The minimum absolute atomic E-state index is 0.0173. The van der Waals surface area contributed by atoms with Crippen molar-refractivity contribution in [2.45, 2.75) is 25.6 Å². The highest BCUT2D eigenvalue weighted by atomic mass is 16.7. The van der Waals surface area contributed by atoms with Crippen LogP contribution >= 0.6 is 0 Å². The van der Waals surface area contributed by atoms with Crippen molar-refractivity contribution in [3.8, 4) is 11.5 Å². The molecule has 3 atom stereocenters. The van der Waals surface area contributed by atoms with Crippen LogP contribution in [-0.4, -0.2) is 70.4 Å². The summed E-state index contributed by atoms with van der Waals surface area (Å²) in [7, 11) is 0. The monoisotopic (exact) mass is 464 g/mol. The van der Waals surface area contributed by atoms with Crippen LogP contribution < -0.4 is 9.47 Å². The molecule has 33 heavy (non-hydrogen) atoms. The van der Waals surface area contributed by atoms with Gasteiger partial charge in [-0.15, -0.1) is 0 Å². The zero-order chi connectivity index (χ0) is 23.5. The molecular weight excluding hydrogens is 432 g/mol. The van der Waals surface area contributed by atoms with Gasteiger partial charge in [0.2, 0.25) is 18.8 Å². The number of carbonyl (C=O) groups is 1. The third kappa shape index (κ3) is 6.94. The standard InChI is InChI=1S/C24H32O9/c1-3-9-30-23(26)22-15-19(17-5-6-20-21(14-17)32-16-31-20)18(24(33-22)29-4-2)7-10-27-12-13-28-11-8-25/h3,5-6,14-15,18-19,24-25H,1,4,7-13,16H2,2H3/t18?,19-,24-/m1/s1. The van der Waals surface area contributed by atoms with Gasteiger partial charge in [-0.2, -0.15) is 0 Å². The molecule has 0 aliphatic carbocycles. The maximum Gasteiger partial charge on any atom is 0.373 e. The number of carbonyl (C=O) groups excluding carboxylic acids is 1. The van der Waals surface area contributed by atoms with E-state index in [2.05, 4.69) is 6.58 Å². The lowest BCUT2D eigenvalue weighted by Crippen LogP contribution is -2.37. The summed E-state index contributed by atoms with van der Waals surface area (Å²) >= 11 is 0. The first-order valence-electron chi connectivity index (χ1n) is 11.1. The second kappa shape index (κ2) is 13.2. The van der Waals surface area contributed by atoms with E-state index < -0.39 is 12.3 Å². The van der Waals surface area contributed by atoms with Crippen molar-refractivity contribution in [2.75, 3.05) is 53.0 Å². The third-order valence-electron chi connectivity index (χ3n) is 5.23. The number of fused-ring (bicyclic) bond motifs is 1. The van der Waals surface area contributed by atoms with Gasteiger partial charge in [0.15, 0.2) is 11.5 Å². The van der Waals surface area contributed by atoms with Gasteiger partial charge in [0.05, 0.1) is 26.4 Å². The summed E-state index contributed by atoms with van der Waals surface area (Å²) in [6.07, 6.45) is 3.24. The average Bonchev–Trinajstić information content (AvgIpc) is 3.30. The number of ether oxygens (including phenoxy) is 7. The van der Waals surface area contributed by atoms with E-state index in [1.165, 1.54) is 6.08 Å². The van der Waals surface area contributed by atoms with Crippen molar-refractivity contribution in [3.63, 3.8) is 0 Å². The van der Waals surface area contributed by atoms with Crippen LogP contribution in [0.2, 0.25) is 0 Å². The predicted octanol–water partition coefficient (Wildman–Crippen LogP) is 2.54. The van der Waals surface area contributed by atoms with E-state index in [9.17, 15) is 4.79 Å². The van der Waals surface area contributed by atoms with Crippen LogP contribution in [0.4, 0.5) is 0 Å². The Morgan fingerprint density at radius 2 is 1.97 bits per heavy atom. The molecule has 0 radical (unpaired) electrons. The van der Waals surface area contributed by atoms with Gasteiger partial charge < -0.3 is 38.3 Å². The summed E-state index contributed by atoms with van der Waals surface area (Å²) in [5.41, 5.74) is 0.942. The van der Waals surface area contributed by atoms with E-state index in [0.717, 1.165) is 5.56 Å². The van der Waals surface area contributed by atoms with Crippen molar-refractivity contribution in [1.82, 2.24) is 0 Å². The number of hydrogen-bond acceptors (Lipinski definition) is 9. The molecule has 0 saturated heterocycles. The number of rotatable bonds is 14. The zero-order valence-electron chi connectivity index (χ0n) is 18.9. The molecule has 0 saturated carbocycles. The van der Waals surface area contributed by atoms with Gasteiger partial charge in [-0.25, -0.2) is 4.79 Å². The molecule has 0 amide bonds. The van der Waals surface area contributed by atoms with E-state index in [1.54, 1.807) is 6.08 Å². The van der Waals surface area contributed by atoms with Crippen LogP contribution in [0.1, 0.15) is 24.8 Å². The smallest absolute Gasteiger partial charge is 0.373 e. The second-order valence-electron chi connectivity index (χ2n) is 7.40. The fourth-order valence-electron chi connectivity index (χ4n) is 3.74. The number of aliphatic hydroxyl groups is 1. The summed E-state index contributed by atoms with van der Waals surface area (Å²) in [4.78, 5) is 12.5. The van der Waals surface area contributed by atoms with Crippen molar-refractivity contribution in [3.05, 3.63) is 48.3 Å². The Morgan fingerprint density at radius 1 is 1.18 bits per heavy atom. The average molecular weight is 465 g/mol. The molecule has 0 aromatic heterocycles. The lowest BCUT2D eigenvalue weighted by molar-refractivity contribution is -0.176. The number of esters is 1. The highest BCUT2D eigenvalue weighted by Gasteiger charge is 2.39. The molecule has 2 heterocycles. The van der Waals surface area contributed by atoms with E-state index >= 15 is 0 Å². The number of allylic oxidation sites excluding steroid dienone is 1. The maximum absolute atomic E-state index is 12.5. The van der Waals surface area contributed by atoms with Crippen LogP contribution in [0.3, 0.4) is 0 Å². The normalized spacial score (nSPS) is 21.3. The molecule has 1 unspecified atom stereocenters. The molecule has 0 fully saturated rings. The van der Waals surface area contributed by atoms with Gasteiger partial charge in [0, 0.05) is 25.0 Å². The van der Waals surface area contributed by atoms with E-state index in [1.807, 2.05) is 25.1 Å². The van der Waals surface area contributed by atoms with Crippen molar-refractivity contribution < 1.29 is 43.1 Å². The lowest BCUT2D eigenvalue weighted by Gasteiger charge is -2.36. The Bertz CT molecular complexity index is 807. The SMILES string of the molecule is C=CCOC(=O)C1=C[C@H](c2ccc3c(c2)OCO3)C(CCOCCOCCO)[C@H](OCC)O1. The topological polar surface area (TPSA) is 102 Å². The first-order valence-corrected chi connectivity index (χ1v) is 11.1. The second-order valence-corrected chi connectivity index (χ2v) is 7.40. The fraction of sp³-hybridized carbons (Fsp3) is 0.542. The molecule has 1 aromatic rings. The molecule has 9 nitrogen and oxygen atoms in total. The van der Waals surface area contributed by atoms with Crippen molar-refractivity contribution >= 4 is 5.97 Å². The Balaban J connectivity index is 1.79. The number of benzene rings is 1. The fourth-order valence-corrected chi connectivity index (χ4v) is 3.74. The van der Waals surface area contributed by atoms with E-state index in [-0.39, 0.29) is 44.2 Å². The number of aliphatic hydroxyl groups excluding tert-OH is 1. The van der Waals surface area contributed by atoms with Crippen LogP contribution in [0.15, 0.2) is 42.7 Å². The summed E-state index contributed by atoms with van der Waals surface area (Å²) in [6.45, 7) is 7.66. The minimum Gasteiger partial charge on any atom is -0.457 e. The van der Waals surface area contributed by atoms with E-state index in [4.69, 9.17) is 38.3 Å². The largest absolute Gasteiger partial charge is 0.457 e. The van der Waals surface area contributed by atoms with Crippen LogP contribution in [-0.2, 0) is 28.5 Å². The minimum atomic E-state index is -0.657. The van der Waals surface area contributed by atoms with Crippen LogP contribution in [0.25, 0.3) is 0 Å². The highest BCUT2D eigenvalue weighted by molar-refractivity contribution is 5.86. The van der Waals surface area contributed by atoms with Gasteiger partial charge in [-0.05, 0) is 37.1 Å². The molecule has 3 rings (SSSR count). The zero-order valence-corrected chi connectivity index (χ0v) is 18.9. The Labute approximate surface area is 193 Å². The van der Waals surface area contributed by atoms with Crippen molar-refractivity contribution in [1.29, 1.82) is 0 Å². The van der Waals surface area contributed by atoms with Crippen LogP contribution in [0.5, 0.6) is 11.5 Å². The molecule has 2 aliphatic heterocycles.